The predicted molar refractivity (Wildman–Crippen MR) is 119 cm³/mol. The zero-order valence-corrected chi connectivity index (χ0v) is 18.6. The van der Waals surface area contributed by atoms with Gasteiger partial charge < -0.3 is 14.4 Å². The van der Waals surface area contributed by atoms with Crippen molar-refractivity contribution in [2.75, 3.05) is 45.8 Å². The van der Waals surface area contributed by atoms with E-state index in [2.05, 4.69) is 4.98 Å². The number of ether oxygens (including phenoxy) is 2. The van der Waals surface area contributed by atoms with Crippen molar-refractivity contribution in [1.82, 2.24) is 9.88 Å². The van der Waals surface area contributed by atoms with Crippen LogP contribution in [0.3, 0.4) is 0 Å². The Morgan fingerprint density at radius 2 is 1.93 bits per heavy atom. The maximum Gasteiger partial charge on any atom is 0.266 e. The standard InChI is InChI=1S/C20H21Cl2N3O3S/c1-24(2)8-9-25(19(26)12-28-17-6-4-13(21)10-15(17)22)20-23-16-11-14(27-3)5-7-18(16)29-20/h4-7,10-11H,8-9,12H2,1-3H3. The number of nitrogens with zero attached hydrogens (tertiary/aromatic N) is 3. The number of carbonyl (C=O) groups is 1. The van der Waals surface area contributed by atoms with Gasteiger partial charge in [0, 0.05) is 24.2 Å². The first-order valence-electron chi connectivity index (χ1n) is 8.85. The van der Waals surface area contributed by atoms with Crippen LogP contribution in [0, 0.1) is 0 Å². The van der Waals surface area contributed by atoms with E-state index in [9.17, 15) is 4.79 Å². The number of fused-ring (bicyclic) bond motifs is 1. The zero-order valence-electron chi connectivity index (χ0n) is 16.3. The molecule has 154 valence electrons. The fourth-order valence-electron chi connectivity index (χ4n) is 2.57. The highest BCUT2D eigenvalue weighted by Gasteiger charge is 2.21. The first kappa shape index (κ1) is 21.6. The summed E-state index contributed by atoms with van der Waals surface area (Å²) in [7, 11) is 5.52. The summed E-state index contributed by atoms with van der Waals surface area (Å²) in [6.07, 6.45) is 0. The molecule has 6 nitrogen and oxygen atoms in total. The molecule has 0 bridgehead atoms. The van der Waals surface area contributed by atoms with E-state index in [1.54, 1.807) is 30.2 Å². The molecule has 0 saturated heterocycles. The van der Waals surface area contributed by atoms with Crippen LogP contribution >= 0.6 is 34.5 Å². The molecule has 0 atom stereocenters. The molecule has 1 aromatic heterocycles. The lowest BCUT2D eigenvalue weighted by molar-refractivity contribution is -0.120. The van der Waals surface area contributed by atoms with Crippen LogP contribution in [0.1, 0.15) is 0 Å². The highest BCUT2D eigenvalue weighted by Crippen LogP contribution is 2.32. The van der Waals surface area contributed by atoms with E-state index in [-0.39, 0.29) is 12.5 Å². The molecule has 0 fully saturated rings. The van der Waals surface area contributed by atoms with Crippen LogP contribution in [0.25, 0.3) is 10.2 Å². The average Bonchev–Trinajstić information content (AvgIpc) is 3.09. The first-order valence-corrected chi connectivity index (χ1v) is 10.4. The Morgan fingerprint density at radius 1 is 1.14 bits per heavy atom. The minimum atomic E-state index is -0.205. The lowest BCUT2D eigenvalue weighted by atomic mass is 10.3. The van der Waals surface area contributed by atoms with Gasteiger partial charge in [-0.3, -0.25) is 9.69 Å². The zero-order chi connectivity index (χ0) is 21.0. The van der Waals surface area contributed by atoms with Crippen LogP contribution in [0.4, 0.5) is 5.13 Å². The minimum absolute atomic E-state index is 0.159. The van der Waals surface area contributed by atoms with Gasteiger partial charge in [0.25, 0.3) is 5.91 Å². The molecular weight excluding hydrogens is 433 g/mol. The Hall–Kier alpha value is -2.06. The number of thiazole rings is 1. The van der Waals surface area contributed by atoms with Crippen LogP contribution in [0.5, 0.6) is 11.5 Å². The summed E-state index contributed by atoms with van der Waals surface area (Å²) in [6.45, 7) is 1.02. The monoisotopic (exact) mass is 453 g/mol. The van der Waals surface area contributed by atoms with Gasteiger partial charge in [-0.2, -0.15) is 0 Å². The fraction of sp³-hybridized carbons (Fsp3) is 0.300. The number of methoxy groups -OCH3 is 1. The maximum absolute atomic E-state index is 13.0. The number of halogens is 2. The van der Waals surface area contributed by atoms with E-state index in [0.29, 0.717) is 34.0 Å². The number of hydrogen-bond acceptors (Lipinski definition) is 6. The van der Waals surface area contributed by atoms with E-state index in [4.69, 9.17) is 32.7 Å². The molecule has 1 amide bonds. The Labute approximate surface area is 183 Å². The SMILES string of the molecule is COc1ccc2sc(N(CCN(C)C)C(=O)COc3ccc(Cl)cc3Cl)nc2c1. The number of amides is 1. The third-order valence-electron chi connectivity index (χ3n) is 4.13. The van der Waals surface area contributed by atoms with Crippen molar-refractivity contribution in [2.45, 2.75) is 0 Å². The third kappa shape index (κ3) is 5.51. The molecule has 0 aliphatic rings. The van der Waals surface area contributed by atoms with Gasteiger partial charge in [0.2, 0.25) is 0 Å². The highest BCUT2D eigenvalue weighted by molar-refractivity contribution is 7.22. The summed E-state index contributed by atoms with van der Waals surface area (Å²) in [4.78, 5) is 21.2. The van der Waals surface area contributed by atoms with Crippen LogP contribution in [-0.2, 0) is 4.79 Å². The molecule has 29 heavy (non-hydrogen) atoms. The van der Waals surface area contributed by atoms with Crippen molar-refractivity contribution in [1.29, 1.82) is 0 Å². The second-order valence-electron chi connectivity index (χ2n) is 6.54. The van der Waals surface area contributed by atoms with Gasteiger partial charge in [-0.05, 0) is 44.4 Å². The lowest BCUT2D eigenvalue weighted by Crippen LogP contribution is -2.39. The molecule has 2 aromatic carbocycles. The Balaban J connectivity index is 1.81. The Bertz CT molecular complexity index is 1010. The van der Waals surface area contributed by atoms with Crippen molar-refractivity contribution in [3.05, 3.63) is 46.4 Å². The van der Waals surface area contributed by atoms with Crippen molar-refractivity contribution < 1.29 is 14.3 Å². The van der Waals surface area contributed by atoms with Gasteiger partial charge in [-0.15, -0.1) is 0 Å². The molecule has 9 heteroatoms. The average molecular weight is 454 g/mol. The smallest absolute Gasteiger partial charge is 0.266 e. The van der Waals surface area contributed by atoms with Gasteiger partial charge in [0.05, 0.1) is 22.3 Å². The summed E-state index contributed by atoms with van der Waals surface area (Å²) in [6, 6.07) is 10.6. The van der Waals surface area contributed by atoms with Crippen molar-refractivity contribution in [3.63, 3.8) is 0 Å². The van der Waals surface area contributed by atoms with Crippen LogP contribution in [-0.4, -0.2) is 56.7 Å². The summed E-state index contributed by atoms with van der Waals surface area (Å²) in [5.41, 5.74) is 0.786. The van der Waals surface area contributed by atoms with E-state index in [0.717, 1.165) is 16.0 Å². The molecule has 3 aromatic rings. The number of benzene rings is 2. The first-order chi connectivity index (χ1) is 13.9. The normalized spacial score (nSPS) is 11.1. The Kier molecular flexibility index (Phi) is 7.18. The lowest BCUT2D eigenvalue weighted by Gasteiger charge is -2.22. The molecule has 0 spiro atoms. The van der Waals surface area contributed by atoms with Crippen molar-refractivity contribution in [3.8, 4) is 11.5 Å². The molecule has 0 aliphatic heterocycles. The molecular formula is C20H21Cl2N3O3S. The van der Waals surface area contributed by atoms with Crippen molar-refractivity contribution in [2.24, 2.45) is 0 Å². The minimum Gasteiger partial charge on any atom is -0.497 e. The number of hydrogen-bond donors (Lipinski definition) is 0. The molecule has 0 radical (unpaired) electrons. The summed E-state index contributed by atoms with van der Waals surface area (Å²) in [5.74, 6) is 0.927. The largest absolute Gasteiger partial charge is 0.497 e. The number of rotatable bonds is 8. The summed E-state index contributed by atoms with van der Waals surface area (Å²) in [5, 5.41) is 1.48. The van der Waals surface area contributed by atoms with E-state index >= 15 is 0 Å². The number of likely N-dealkylation sites (N-methyl/N-ethyl adjacent to an activating group) is 1. The third-order valence-corrected chi connectivity index (χ3v) is 5.72. The molecule has 0 aliphatic carbocycles. The van der Waals surface area contributed by atoms with Crippen LogP contribution in [0.2, 0.25) is 10.0 Å². The van der Waals surface area contributed by atoms with Crippen LogP contribution in [0.15, 0.2) is 36.4 Å². The maximum atomic E-state index is 13.0. The molecule has 3 rings (SSSR count). The second kappa shape index (κ2) is 9.63. The van der Waals surface area contributed by atoms with Crippen molar-refractivity contribution >= 4 is 55.8 Å². The summed E-state index contributed by atoms with van der Waals surface area (Å²) < 4.78 is 11.9. The van der Waals surface area contributed by atoms with E-state index in [1.807, 2.05) is 37.2 Å². The fourth-order valence-corrected chi connectivity index (χ4v) is 4.03. The quantitative estimate of drug-likeness (QED) is 0.499. The topological polar surface area (TPSA) is 54.9 Å². The number of aromatic nitrogens is 1. The molecule has 0 unspecified atom stereocenters. The highest BCUT2D eigenvalue weighted by atomic mass is 35.5. The van der Waals surface area contributed by atoms with Crippen LogP contribution < -0.4 is 14.4 Å². The van der Waals surface area contributed by atoms with E-state index < -0.39 is 0 Å². The molecule has 0 N–H and O–H groups in total. The Morgan fingerprint density at radius 3 is 2.62 bits per heavy atom. The predicted octanol–water partition coefficient (Wildman–Crippen LogP) is 4.59. The van der Waals surface area contributed by atoms with Gasteiger partial charge in [-0.1, -0.05) is 34.5 Å². The van der Waals surface area contributed by atoms with E-state index in [1.165, 1.54) is 11.3 Å². The second-order valence-corrected chi connectivity index (χ2v) is 8.39. The van der Waals surface area contributed by atoms with Gasteiger partial charge in [0.15, 0.2) is 11.7 Å². The van der Waals surface area contributed by atoms with Gasteiger partial charge in [-0.25, -0.2) is 4.98 Å². The summed E-state index contributed by atoms with van der Waals surface area (Å²) >= 11 is 13.5. The van der Waals surface area contributed by atoms with Gasteiger partial charge in [0.1, 0.15) is 11.5 Å². The molecule has 1 heterocycles. The number of carbonyl (C=O) groups excluding carboxylic acids is 1. The number of anilines is 1. The molecule has 0 saturated carbocycles. The van der Waals surface area contributed by atoms with Gasteiger partial charge >= 0.3 is 0 Å².